The largest absolute Gasteiger partial charge is 0.497 e. The topological polar surface area (TPSA) is 107 Å². The number of methoxy groups -OCH3 is 1. The molecule has 0 unspecified atom stereocenters. The van der Waals surface area contributed by atoms with Crippen molar-refractivity contribution in [1.82, 2.24) is 10.3 Å². The van der Waals surface area contributed by atoms with Crippen LogP contribution in [-0.4, -0.2) is 17.4 Å². The first-order chi connectivity index (χ1) is 12.6. The highest BCUT2D eigenvalue weighted by molar-refractivity contribution is 9.10. The molecule has 0 saturated carbocycles. The Morgan fingerprint density at radius 3 is 2.12 bits per heavy atom. The number of halogens is 1. The molecule has 8 nitrogen and oxygen atoms in total. The molecule has 3 aromatic rings. The van der Waals surface area contributed by atoms with Crippen LogP contribution < -0.4 is 26.0 Å². The Morgan fingerprint density at radius 1 is 0.923 bits per heavy atom. The van der Waals surface area contributed by atoms with Crippen LogP contribution in [0.5, 0.6) is 5.75 Å². The molecule has 1 aliphatic rings. The van der Waals surface area contributed by atoms with Gasteiger partial charge in [0.25, 0.3) is 0 Å². The van der Waals surface area contributed by atoms with E-state index in [1.807, 2.05) is 48.5 Å². The number of ether oxygens (including phenoxy) is 1. The van der Waals surface area contributed by atoms with Crippen molar-refractivity contribution >= 4 is 38.9 Å². The maximum Gasteiger partial charge on any atom is 0.229 e. The van der Waals surface area contributed by atoms with Crippen LogP contribution in [0.25, 0.3) is 0 Å². The van der Waals surface area contributed by atoms with Crippen LogP contribution in [0.1, 0.15) is 0 Å². The molecule has 9 heteroatoms. The van der Waals surface area contributed by atoms with Crippen molar-refractivity contribution in [1.29, 1.82) is 0 Å². The van der Waals surface area contributed by atoms with Gasteiger partial charge in [-0.05, 0) is 52.8 Å². The zero-order chi connectivity index (χ0) is 18.3. The molecule has 4 rings (SSSR count). The fourth-order valence-corrected chi connectivity index (χ4v) is 3.17. The molecule has 0 radical (unpaired) electrons. The molecule has 0 amide bonds. The van der Waals surface area contributed by atoms with Crippen molar-refractivity contribution in [2.24, 2.45) is 11.5 Å². The van der Waals surface area contributed by atoms with E-state index in [2.05, 4.69) is 26.2 Å². The third-order valence-corrected chi connectivity index (χ3v) is 4.51. The van der Waals surface area contributed by atoms with Gasteiger partial charge < -0.3 is 16.2 Å². The van der Waals surface area contributed by atoms with E-state index in [-0.39, 0.29) is 0 Å². The Bertz CT molecular complexity index is 985. The summed E-state index contributed by atoms with van der Waals surface area (Å²) in [5.41, 5.74) is 14.2. The van der Waals surface area contributed by atoms with Crippen molar-refractivity contribution < 1.29 is 9.37 Å². The van der Waals surface area contributed by atoms with Crippen LogP contribution in [-0.2, 0) is 0 Å². The summed E-state index contributed by atoms with van der Waals surface area (Å²) in [6.45, 7) is 0. The van der Waals surface area contributed by atoms with Gasteiger partial charge in [-0.3, -0.25) is 9.80 Å². The number of benzene rings is 2. The zero-order valence-corrected chi connectivity index (χ0v) is 15.3. The second-order valence-corrected chi connectivity index (χ2v) is 6.45. The van der Waals surface area contributed by atoms with Gasteiger partial charge in [-0.2, -0.15) is 0 Å². The molecule has 26 heavy (non-hydrogen) atoms. The van der Waals surface area contributed by atoms with Gasteiger partial charge in [0.1, 0.15) is 5.75 Å². The second-order valence-electron chi connectivity index (χ2n) is 5.53. The summed E-state index contributed by atoms with van der Waals surface area (Å²) in [6.07, 6.45) is 0. The van der Waals surface area contributed by atoms with Crippen molar-refractivity contribution in [2.75, 3.05) is 16.9 Å². The van der Waals surface area contributed by atoms with Gasteiger partial charge in [0.05, 0.1) is 12.8 Å². The normalized spacial score (nSPS) is 13.8. The molecule has 0 spiro atoms. The number of nitrogens with two attached hydrogens (primary N) is 2. The lowest BCUT2D eigenvalue weighted by Crippen LogP contribution is -2.38. The van der Waals surface area contributed by atoms with E-state index in [9.17, 15) is 0 Å². The highest BCUT2D eigenvalue weighted by Crippen LogP contribution is 2.43. The highest BCUT2D eigenvalue weighted by Gasteiger charge is 2.35. The smallest absolute Gasteiger partial charge is 0.229 e. The summed E-state index contributed by atoms with van der Waals surface area (Å²) in [5, 5.41) is 8.05. The van der Waals surface area contributed by atoms with Gasteiger partial charge in [0, 0.05) is 10.2 Å². The van der Waals surface area contributed by atoms with Crippen LogP contribution in [0.2, 0.25) is 0 Å². The number of hydrogen-bond acceptors (Lipinski definition) is 8. The summed E-state index contributed by atoms with van der Waals surface area (Å²) >= 11 is 3.46. The minimum absolute atomic E-state index is 0.318. The van der Waals surface area contributed by atoms with Gasteiger partial charge in [0.2, 0.25) is 11.6 Å². The number of fused-ring (bicyclic) bond motifs is 1. The van der Waals surface area contributed by atoms with E-state index in [0.29, 0.717) is 23.3 Å². The predicted octanol–water partition coefficient (Wildman–Crippen LogP) is 3.17. The number of nitrogens with zero attached hydrogens (tertiary/aromatic N) is 4. The molecule has 0 atom stereocenters. The maximum absolute atomic E-state index is 6.35. The molecular formula is C17H15BrN6O2. The standard InChI is InChI=1S/C17H15BrN6O2/c1-25-13-7-5-11(6-8-13)23-14(19)15(20)24(17-16(23)21-26-22-17)12-4-2-3-10(18)9-12/h2-9H,19-20H2,1H3. The molecule has 4 N–H and O–H groups in total. The zero-order valence-electron chi connectivity index (χ0n) is 13.8. The number of rotatable bonds is 3. The molecule has 0 fully saturated rings. The third kappa shape index (κ3) is 2.53. The minimum atomic E-state index is 0.318. The van der Waals surface area contributed by atoms with Gasteiger partial charge in [0.15, 0.2) is 11.6 Å². The first-order valence-electron chi connectivity index (χ1n) is 7.68. The Labute approximate surface area is 157 Å². The molecule has 0 saturated heterocycles. The molecule has 0 bridgehead atoms. The van der Waals surface area contributed by atoms with Crippen molar-refractivity contribution in [3.05, 3.63) is 64.6 Å². The Morgan fingerprint density at radius 2 is 1.54 bits per heavy atom. The Kier molecular flexibility index (Phi) is 3.92. The fourth-order valence-electron chi connectivity index (χ4n) is 2.79. The predicted molar refractivity (Wildman–Crippen MR) is 101 cm³/mol. The average molecular weight is 415 g/mol. The third-order valence-electron chi connectivity index (χ3n) is 4.02. The lowest BCUT2D eigenvalue weighted by Gasteiger charge is -2.34. The van der Waals surface area contributed by atoms with E-state index in [1.165, 1.54) is 0 Å². The van der Waals surface area contributed by atoms with Crippen LogP contribution in [0, 0.1) is 0 Å². The average Bonchev–Trinajstić information content (AvgIpc) is 3.12. The highest BCUT2D eigenvalue weighted by atomic mass is 79.9. The quantitative estimate of drug-likeness (QED) is 0.672. The van der Waals surface area contributed by atoms with Gasteiger partial charge >= 0.3 is 0 Å². The lowest BCUT2D eigenvalue weighted by molar-refractivity contribution is 0.309. The SMILES string of the molecule is COc1ccc(N2C(N)=C(N)N(c3cccc(Br)c3)c3nonc32)cc1. The van der Waals surface area contributed by atoms with Gasteiger partial charge in [-0.25, -0.2) is 4.63 Å². The van der Waals surface area contributed by atoms with Crippen LogP contribution in [0.3, 0.4) is 0 Å². The van der Waals surface area contributed by atoms with Crippen molar-refractivity contribution in [3.8, 4) is 5.75 Å². The fraction of sp³-hybridized carbons (Fsp3) is 0.0588. The van der Waals surface area contributed by atoms with Crippen LogP contribution in [0.15, 0.2) is 69.3 Å². The second kappa shape index (κ2) is 6.26. The van der Waals surface area contributed by atoms with E-state index in [4.69, 9.17) is 20.8 Å². The Hall–Kier alpha value is -3.20. The molecule has 0 aliphatic carbocycles. The van der Waals surface area contributed by atoms with Crippen molar-refractivity contribution in [2.45, 2.75) is 0 Å². The van der Waals surface area contributed by atoms with Gasteiger partial charge in [-0.15, -0.1) is 0 Å². The molecule has 132 valence electrons. The van der Waals surface area contributed by atoms with E-state index in [1.54, 1.807) is 16.9 Å². The monoisotopic (exact) mass is 414 g/mol. The van der Waals surface area contributed by atoms with E-state index >= 15 is 0 Å². The maximum atomic E-state index is 6.35. The summed E-state index contributed by atoms with van der Waals surface area (Å²) in [7, 11) is 1.61. The Balaban J connectivity index is 1.85. The van der Waals surface area contributed by atoms with E-state index in [0.717, 1.165) is 21.6 Å². The molecule has 2 aromatic carbocycles. The lowest BCUT2D eigenvalue weighted by atomic mass is 10.2. The first kappa shape index (κ1) is 16.3. The molecular weight excluding hydrogens is 400 g/mol. The first-order valence-corrected chi connectivity index (χ1v) is 8.47. The molecule has 1 aromatic heterocycles. The number of anilines is 4. The van der Waals surface area contributed by atoms with E-state index < -0.39 is 0 Å². The summed E-state index contributed by atoms with van der Waals surface area (Å²) < 4.78 is 11.1. The summed E-state index contributed by atoms with van der Waals surface area (Å²) in [5.74, 6) is 2.27. The minimum Gasteiger partial charge on any atom is -0.497 e. The van der Waals surface area contributed by atoms with Crippen molar-refractivity contribution in [3.63, 3.8) is 0 Å². The molecule has 1 aliphatic heterocycles. The number of aromatic nitrogens is 2. The number of hydrogen-bond donors (Lipinski definition) is 2. The van der Waals surface area contributed by atoms with Crippen LogP contribution in [0.4, 0.5) is 23.0 Å². The summed E-state index contributed by atoms with van der Waals surface area (Å²) in [6, 6.07) is 15.0. The summed E-state index contributed by atoms with van der Waals surface area (Å²) in [4.78, 5) is 3.39. The van der Waals surface area contributed by atoms with Crippen LogP contribution >= 0.6 is 15.9 Å². The molecule has 2 heterocycles. The van der Waals surface area contributed by atoms with Gasteiger partial charge in [-0.1, -0.05) is 22.0 Å².